The van der Waals surface area contributed by atoms with Crippen LogP contribution in [0.15, 0.2) is 4.52 Å². The van der Waals surface area contributed by atoms with Crippen LogP contribution in [0.5, 0.6) is 0 Å². The summed E-state index contributed by atoms with van der Waals surface area (Å²) < 4.78 is 5.31. The smallest absolute Gasteiger partial charge is 0.227 e. The van der Waals surface area contributed by atoms with E-state index in [1.165, 1.54) is 25.7 Å². The third-order valence-electron chi connectivity index (χ3n) is 4.39. The molecule has 1 aliphatic rings. The summed E-state index contributed by atoms with van der Waals surface area (Å²) in [6, 6.07) is 0. The third-order valence-corrected chi connectivity index (χ3v) is 4.39. The highest BCUT2D eigenvalue weighted by atomic mass is 16.5. The zero-order valence-corrected chi connectivity index (χ0v) is 12.7. The van der Waals surface area contributed by atoms with Gasteiger partial charge in [0, 0.05) is 18.9 Å². The quantitative estimate of drug-likeness (QED) is 0.908. The summed E-state index contributed by atoms with van der Waals surface area (Å²) in [6.07, 6.45) is 5.80. The lowest BCUT2D eigenvalue weighted by atomic mass is 9.70. The van der Waals surface area contributed by atoms with Crippen LogP contribution >= 0.6 is 0 Å². The van der Waals surface area contributed by atoms with Crippen LogP contribution < -0.4 is 5.32 Å². The molecular weight excluding hydrogens is 238 g/mol. The molecule has 0 bridgehead atoms. The molecule has 4 heteroatoms. The fourth-order valence-corrected chi connectivity index (χ4v) is 2.98. The molecule has 0 amide bonds. The maximum atomic E-state index is 5.31. The second kappa shape index (κ2) is 6.04. The molecular formula is C15H27N3O. The van der Waals surface area contributed by atoms with Crippen molar-refractivity contribution >= 4 is 0 Å². The van der Waals surface area contributed by atoms with Crippen molar-refractivity contribution in [1.29, 1.82) is 0 Å². The molecule has 1 aliphatic carbocycles. The molecule has 0 spiro atoms. The van der Waals surface area contributed by atoms with Gasteiger partial charge in [0.25, 0.3) is 0 Å². The molecule has 1 N–H and O–H groups in total. The Morgan fingerprint density at radius 2 is 1.89 bits per heavy atom. The topological polar surface area (TPSA) is 51.0 Å². The maximum Gasteiger partial charge on any atom is 0.227 e. The first kappa shape index (κ1) is 14.5. The molecule has 0 radical (unpaired) electrons. The van der Waals surface area contributed by atoms with Crippen molar-refractivity contribution in [3.05, 3.63) is 11.7 Å². The molecule has 1 saturated carbocycles. The first-order chi connectivity index (χ1) is 9.00. The normalized spacial score (nSPS) is 24.6. The second-order valence-electron chi connectivity index (χ2n) is 6.81. The predicted molar refractivity (Wildman–Crippen MR) is 76.1 cm³/mol. The van der Waals surface area contributed by atoms with E-state index in [-0.39, 0.29) is 0 Å². The highest BCUT2D eigenvalue weighted by Gasteiger charge is 2.31. The fraction of sp³-hybridized carbons (Fsp3) is 0.867. The van der Waals surface area contributed by atoms with Crippen LogP contribution in [0.4, 0.5) is 0 Å². The Morgan fingerprint density at radius 3 is 2.47 bits per heavy atom. The van der Waals surface area contributed by atoms with Crippen molar-refractivity contribution in [1.82, 2.24) is 15.5 Å². The minimum atomic E-state index is 0.431. The Labute approximate surface area is 116 Å². The molecule has 1 aromatic heterocycles. The van der Waals surface area contributed by atoms with Gasteiger partial charge in [0.05, 0.1) is 0 Å². The number of rotatable bonds is 4. The summed E-state index contributed by atoms with van der Waals surface area (Å²) in [5, 5.41) is 7.27. The zero-order valence-electron chi connectivity index (χ0n) is 12.7. The van der Waals surface area contributed by atoms with Crippen LogP contribution in [0, 0.1) is 11.3 Å². The van der Waals surface area contributed by atoms with E-state index in [9.17, 15) is 0 Å². The first-order valence-corrected chi connectivity index (χ1v) is 7.47. The number of hydrogen-bond donors (Lipinski definition) is 1. The molecule has 0 unspecified atom stereocenters. The standard InChI is InChI=1S/C15H27N3O/c1-15(2,3)12-7-5-11(6-8-12)14-17-13(19-18-14)9-10-16-4/h11-12,16H,5-10H2,1-4H3. The Bertz CT molecular complexity index is 386. The van der Waals surface area contributed by atoms with Gasteiger partial charge >= 0.3 is 0 Å². The van der Waals surface area contributed by atoms with Crippen molar-refractivity contribution in [2.45, 2.75) is 58.8 Å². The van der Waals surface area contributed by atoms with Crippen LogP contribution in [-0.2, 0) is 6.42 Å². The summed E-state index contributed by atoms with van der Waals surface area (Å²) in [5.74, 6) is 3.03. The van der Waals surface area contributed by atoms with Crippen LogP contribution in [0.2, 0.25) is 0 Å². The monoisotopic (exact) mass is 265 g/mol. The van der Waals surface area contributed by atoms with Crippen LogP contribution in [-0.4, -0.2) is 23.7 Å². The second-order valence-corrected chi connectivity index (χ2v) is 6.81. The van der Waals surface area contributed by atoms with E-state index in [1.807, 2.05) is 7.05 Å². The van der Waals surface area contributed by atoms with Crippen molar-refractivity contribution < 1.29 is 4.52 Å². The van der Waals surface area contributed by atoms with Gasteiger partial charge in [0.2, 0.25) is 5.89 Å². The van der Waals surface area contributed by atoms with Crippen molar-refractivity contribution in [3.8, 4) is 0 Å². The van der Waals surface area contributed by atoms with Gasteiger partial charge in [-0.3, -0.25) is 0 Å². The average molecular weight is 265 g/mol. The SMILES string of the molecule is CNCCc1nc(C2CCC(C(C)(C)C)CC2)no1. The van der Waals surface area contributed by atoms with Gasteiger partial charge in [-0.15, -0.1) is 0 Å². The van der Waals surface area contributed by atoms with E-state index in [2.05, 4.69) is 36.2 Å². The summed E-state index contributed by atoms with van der Waals surface area (Å²) in [7, 11) is 1.94. The molecule has 0 atom stereocenters. The summed E-state index contributed by atoms with van der Waals surface area (Å²) in [4.78, 5) is 4.54. The number of nitrogens with zero attached hydrogens (tertiary/aromatic N) is 2. The molecule has 19 heavy (non-hydrogen) atoms. The van der Waals surface area contributed by atoms with Gasteiger partial charge in [-0.25, -0.2) is 0 Å². The molecule has 108 valence electrons. The minimum Gasteiger partial charge on any atom is -0.339 e. The van der Waals surface area contributed by atoms with E-state index < -0.39 is 0 Å². The van der Waals surface area contributed by atoms with E-state index in [0.29, 0.717) is 11.3 Å². The van der Waals surface area contributed by atoms with Crippen molar-refractivity contribution in [2.24, 2.45) is 11.3 Å². The predicted octanol–water partition coefficient (Wildman–Crippen LogP) is 3.15. The number of hydrogen-bond acceptors (Lipinski definition) is 4. The van der Waals surface area contributed by atoms with Gasteiger partial charge in [0.1, 0.15) is 0 Å². The lowest BCUT2D eigenvalue weighted by Crippen LogP contribution is -2.25. The molecule has 1 aromatic rings. The Hall–Kier alpha value is -0.900. The Morgan fingerprint density at radius 1 is 1.21 bits per heavy atom. The van der Waals surface area contributed by atoms with E-state index in [0.717, 1.165) is 30.6 Å². The number of likely N-dealkylation sites (N-methyl/N-ethyl adjacent to an activating group) is 1. The van der Waals surface area contributed by atoms with Gasteiger partial charge in [-0.2, -0.15) is 4.98 Å². The zero-order chi connectivity index (χ0) is 13.9. The third kappa shape index (κ3) is 3.78. The summed E-state index contributed by atoms with van der Waals surface area (Å²) in [5.41, 5.74) is 0.431. The molecule has 1 heterocycles. The lowest BCUT2D eigenvalue weighted by molar-refractivity contribution is 0.166. The summed E-state index contributed by atoms with van der Waals surface area (Å²) in [6.45, 7) is 7.94. The first-order valence-electron chi connectivity index (χ1n) is 7.47. The number of aromatic nitrogens is 2. The van der Waals surface area contributed by atoms with Crippen molar-refractivity contribution in [3.63, 3.8) is 0 Å². The molecule has 0 aliphatic heterocycles. The van der Waals surface area contributed by atoms with Crippen LogP contribution in [0.1, 0.15) is 64.1 Å². The molecule has 0 aromatic carbocycles. The van der Waals surface area contributed by atoms with Gasteiger partial charge in [-0.1, -0.05) is 25.9 Å². The van der Waals surface area contributed by atoms with Crippen LogP contribution in [0.25, 0.3) is 0 Å². The Balaban J connectivity index is 1.89. The lowest BCUT2D eigenvalue weighted by Gasteiger charge is -2.36. The molecule has 4 nitrogen and oxygen atoms in total. The van der Waals surface area contributed by atoms with Gasteiger partial charge < -0.3 is 9.84 Å². The maximum absolute atomic E-state index is 5.31. The van der Waals surface area contributed by atoms with Gasteiger partial charge in [-0.05, 0) is 44.1 Å². The van der Waals surface area contributed by atoms with E-state index in [1.54, 1.807) is 0 Å². The van der Waals surface area contributed by atoms with Crippen molar-refractivity contribution in [2.75, 3.05) is 13.6 Å². The largest absolute Gasteiger partial charge is 0.339 e. The Kier molecular flexibility index (Phi) is 4.61. The van der Waals surface area contributed by atoms with Crippen LogP contribution in [0.3, 0.4) is 0 Å². The van der Waals surface area contributed by atoms with E-state index in [4.69, 9.17) is 4.52 Å². The highest BCUT2D eigenvalue weighted by molar-refractivity contribution is 4.99. The average Bonchev–Trinajstić information content (AvgIpc) is 2.84. The van der Waals surface area contributed by atoms with Gasteiger partial charge in [0.15, 0.2) is 5.82 Å². The summed E-state index contributed by atoms with van der Waals surface area (Å²) >= 11 is 0. The number of nitrogens with one attached hydrogen (secondary N) is 1. The molecule has 2 rings (SSSR count). The van der Waals surface area contributed by atoms with E-state index >= 15 is 0 Å². The highest BCUT2D eigenvalue weighted by Crippen LogP contribution is 2.42. The molecule has 0 saturated heterocycles. The molecule has 1 fully saturated rings. The minimum absolute atomic E-state index is 0.431. The fourth-order valence-electron chi connectivity index (χ4n) is 2.98.